The average Bonchev–Trinajstić information content (AvgIpc) is 2.18. The number of aliphatic carboxylic acids is 1. The molecule has 0 saturated heterocycles. The zero-order valence-electron chi connectivity index (χ0n) is 9.23. The predicted octanol–water partition coefficient (Wildman–Crippen LogP) is 2.66. The summed E-state index contributed by atoms with van der Waals surface area (Å²) in [6.45, 7) is 5.68. The molecule has 0 unspecified atom stereocenters. The summed E-state index contributed by atoms with van der Waals surface area (Å²) < 4.78 is 5.27. The lowest BCUT2D eigenvalue weighted by Gasteiger charge is -2.12. The zero-order valence-corrected chi connectivity index (χ0v) is 9.23. The third-order valence-electron chi connectivity index (χ3n) is 2.19. The van der Waals surface area contributed by atoms with Crippen LogP contribution < -0.4 is 4.74 Å². The predicted molar refractivity (Wildman–Crippen MR) is 58.3 cm³/mol. The van der Waals surface area contributed by atoms with Crippen molar-refractivity contribution in [3.63, 3.8) is 0 Å². The number of carboxylic acid groups (broad SMARTS) is 1. The van der Waals surface area contributed by atoms with Gasteiger partial charge in [-0.05, 0) is 30.5 Å². The molecule has 3 heteroatoms. The molecule has 1 rings (SSSR count). The van der Waals surface area contributed by atoms with Crippen LogP contribution in [0.5, 0.6) is 5.75 Å². The maximum absolute atomic E-state index is 10.6. The van der Waals surface area contributed by atoms with Crippen LogP contribution in [0.25, 0.3) is 0 Å². The fourth-order valence-corrected chi connectivity index (χ4v) is 1.20. The van der Waals surface area contributed by atoms with E-state index in [0.717, 1.165) is 5.56 Å². The number of hydrogen-bond donors (Lipinski definition) is 1. The molecule has 0 aliphatic heterocycles. The van der Waals surface area contributed by atoms with Crippen LogP contribution in [0.15, 0.2) is 24.3 Å². The van der Waals surface area contributed by atoms with Crippen molar-refractivity contribution in [2.45, 2.75) is 32.8 Å². The second kappa shape index (κ2) is 4.82. The zero-order chi connectivity index (χ0) is 11.4. The third-order valence-corrected chi connectivity index (χ3v) is 2.19. The first-order valence-corrected chi connectivity index (χ1v) is 5.00. The van der Waals surface area contributed by atoms with Gasteiger partial charge in [0.25, 0.3) is 0 Å². The molecule has 0 saturated carbocycles. The number of rotatable bonds is 4. The number of benzene rings is 1. The fourth-order valence-electron chi connectivity index (χ4n) is 1.20. The van der Waals surface area contributed by atoms with Crippen LogP contribution in [0.2, 0.25) is 0 Å². The monoisotopic (exact) mass is 208 g/mol. The van der Waals surface area contributed by atoms with Gasteiger partial charge >= 0.3 is 5.97 Å². The highest BCUT2D eigenvalue weighted by Gasteiger charge is 2.12. The lowest BCUT2D eigenvalue weighted by Crippen LogP contribution is -2.22. The van der Waals surface area contributed by atoms with Crippen molar-refractivity contribution < 1.29 is 14.6 Å². The van der Waals surface area contributed by atoms with Gasteiger partial charge in [0.15, 0.2) is 6.10 Å². The van der Waals surface area contributed by atoms with E-state index < -0.39 is 12.1 Å². The number of hydrogen-bond acceptors (Lipinski definition) is 2. The number of ether oxygens (including phenoxy) is 1. The van der Waals surface area contributed by atoms with E-state index in [1.807, 2.05) is 18.2 Å². The number of carbonyl (C=O) groups is 1. The standard InChI is InChI=1S/C12H16O3/c1-8(2)10-5-4-6-11(7-10)15-9(3)12(13)14/h4-9H,1-3H3,(H,13,14)/t9-/m0/s1. The largest absolute Gasteiger partial charge is 0.479 e. The molecule has 0 heterocycles. The van der Waals surface area contributed by atoms with Gasteiger partial charge in [0.05, 0.1) is 0 Å². The molecule has 0 aromatic heterocycles. The lowest BCUT2D eigenvalue weighted by molar-refractivity contribution is -0.144. The van der Waals surface area contributed by atoms with Gasteiger partial charge in [-0.2, -0.15) is 0 Å². The molecule has 0 radical (unpaired) electrons. The van der Waals surface area contributed by atoms with Crippen LogP contribution in [0, 0.1) is 0 Å². The highest BCUT2D eigenvalue weighted by atomic mass is 16.5. The molecule has 1 N–H and O–H groups in total. The van der Waals surface area contributed by atoms with E-state index in [1.54, 1.807) is 6.07 Å². The minimum atomic E-state index is -0.954. The van der Waals surface area contributed by atoms with Crippen molar-refractivity contribution in [3.8, 4) is 5.75 Å². The summed E-state index contributed by atoms with van der Waals surface area (Å²) in [5.74, 6) is 0.0646. The van der Waals surface area contributed by atoms with Gasteiger partial charge < -0.3 is 9.84 Å². The van der Waals surface area contributed by atoms with Crippen LogP contribution in [0.1, 0.15) is 32.3 Å². The maximum atomic E-state index is 10.6. The van der Waals surface area contributed by atoms with Gasteiger partial charge in [0.1, 0.15) is 5.75 Å². The summed E-state index contributed by atoms with van der Waals surface area (Å²) in [6, 6.07) is 7.53. The van der Waals surface area contributed by atoms with E-state index >= 15 is 0 Å². The van der Waals surface area contributed by atoms with Gasteiger partial charge in [-0.1, -0.05) is 26.0 Å². The van der Waals surface area contributed by atoms with Crippen LogP contribution in [0.4, 0.5) is 0 Å². The molecule has 0 spiro atoms. The highest BCUT2D eigenvalue weighted by molar-refractivity contribution is 5.72. The SMILES string of the molecule is CC(C)c1cccc(O[C@@H](C)C(=O)O)c1. The van der Waals surface area contributed by atoms with Crippen LogP contribution in [0.3, 0.4) is 0 Å². The van der Waals surface area contributed by atoms with Gasteiger partial charge in [0, 0.05) is 0 Å². The Kier molecular flexibility index (Phi) is 3.72. The summed E-state index contributed by atoms with van der Waals surface area (Å²) in [5.41, 5.74) is 1.14. The summed E-state index contributed by atoms with van der Waals surface area (Å²) in [5, 5.41) is 8.70. The van der Waals surface area contributed by atoms with Crippen molar-refractivity contribution >= 4 is 5.97 Å². The summed E-state index contributed by atoms with van der Waals surface area (Å²) in [4.78, 5) is 10.6. The molecule has 0 aliphatic rings. The van der Waals surface area contributed by atoms with E-state index in [2.05, 4.69) is 13.8 Å². The Hall–Kier alpha value is -1.51. The second-order valence-corrected chi connectivity index (χ2v) is 3.83. The first-order chi connectivity index (χ1) is 7.00. The molecular weight excluding hydrogens is 192 g/mol. The smallest absolute Gasteiger partial charge is 0.344 e. The topological polar surface area (TPSA) is 46.5 Å². The lowest BCUT2D eigenvalue weighted by atomic mass is 10.0. The molecular formula is C12H16O3. The Morgan fingerprint density at radius 3 is 2.53 bits per heavy atom. The molecule has 0 aliphatic carbocycles. The number of carboxylic acids is 1. The molecule has 1 aromatic rings. The quantitative estimate of drug-likeness (QED) is 0.827. The van der Waals surface area contributed by atoms with Crippen LogP contribution in [-0.2, 0) is 4.79 Å². The Balaban J connectivity index is 2.78. The Morgan fingerprint density at radius 1 is 1.33 bits per heavy atom. The van der Waals surface area contributed by atoms with Crippen LogP contribution in [-0.4, -0.2) is 17.2 Å². The van der Waals surface area contributed by atoms with Crippen molar-refractivity contribution in [3.05, 3.63) is 29.8 Å². The molecule has 15 heavy (non-hydrogen) atoms. The molecule has 0 amide bonds. The van der Waals surface area contributed by atoms with Crippen molar-refractivity contribution in [1.82, 2.24) is 0 Å². The van der Waals surface area contributed by atoms with E-state index in [4.69, 9.17) is 9.84 Å². The summed E-state index contributed by atoms with van der Waals surface area (Å²) >= 11 is 0. The minimum Gasteiger partial charge on any atom is -0.479 e. The van der Waals surface area contributed by atoms with Crippen molar-refractivity contribution in [2.75, 3.05) is 0 Å². The van der Waals surface area contributed by atoms with Crippen molar-refractivity contribution in [1.29, 1.82) is 0 Å². The van der Waals surface area contributed by atoms with Crippen LogP contribution >= 0.6 is 0 Å². The van der Waals surface area contributed by atoms with E-state index in [1.165, 1.54) is 6.92 Å². The first-order valence-electron chi connectivity index (χ1n) is 5.00. The van der Waals surface area contributed by atoms with Gasteiger partial charge in [-0.25, -0.2) is 4.79 Å². The van der Waals surface area contributed by atoms with Gasteiger partial charge in [-0.3, -0.25) is 0 Å². The van der Waals surface area contributed by atoms with Gasteiger partial charge in [0.2, 0.25) is 0 Å². The Bertz CT molecular complexity index is 344. The normalized spacial score (nSPS) is 12.5. The van der Waals surface area contributed by atoms with E-state index in [-0.39, 0.29) is 0 Å². The molecule has 1 atom stereocenters. The maximum Gasteiger partial charge on any atom is 0.344 e. The first kappa shape index (κ1) is 11.6. The molecule has 82 valence electrons. The Morgan fingerprint density at radius 2 is 2.00 bits per heavy atom. The fraction of sp³-hybridized carbons (Fsp3) is 0.417. The average molecular weight is 208 g/mol. The molecule has 3 nitrogen and oxygen atoms in total. The molecule has 0 bridgehead atoms. The van der Waals surface area contributed by atoms with E-state index in [0.29, 0.717) is 11.7 Å². The Labute approximate surface area is 89.7 Å². The summed E-state index contributed by atoms with van der Waals surface area (Å²) in [6.07, 6.45) is -0.813. The van der Waals surface area contributed by atoms with Crippen molar-refractivity contribution in [2.24, 2.45) is 0 Å². The van der Waals surface area contributed by atoms with E-state index in [9.17, 15) is 4.79 Å². The second-order valence-electron chi connectivity index (χ2n) is 3.83. The molecule has 0 fully saturated rings. The molecule has 1 aromatic carbocycles. The van der Waals surface area contributed by atoms with Gasteiger partial charge in [-0.15, -0.1) is 0 Å². The highest BCUT2D eigenvalue weighted by Crippen LogP contribution is 2.20. The third kappa shape index (κ3) is 3.27. The minimum absolute atomic E-state index is 0.411. The summed E-state index contributed by atoms with van der Waals surface area (Å²) in [7, 11) is 0.